The molecule has 150 valence electrons. The van der Waals surface area contributed by atoms with E-state index in [1.54, 1.807) is 18.2 Å². The highest BCUT2D eigenvalue weighted by molar-refractivity contribution is 7.14. The monoisotopic (exact) mass is 421 g/mol. The van der Waals surface area contributed by atoms with Crippen LogP contribution in [0.5, 0.6) is 5.75 Å². The molecule has 1 aromatic heterocycles. The lowest BCUT2D eigenvalue weighted by atomic mass is 10.1. The Labute approximate surface area is 167 Å². The van der Waals surface area contributed by atoms with Crippen LogP contribution >= 0.6 is 11.3 Å². The normalized spacial score (nSPS) is 10.7. The summed E-state index contributed by atoms with van der Waals surface area (Å²) in [4.78, 5) is 24.6. The van der Waals surface area contributed by atoms with Gasteiger partial charge in [-0.3, -0.25) is 4.79 Å². The number of methoxy groups -OCH3 is 1. The van der Waals surface area contributed by atoms with Gasteiger partial charge in [0.1, 0.15) is 5.56 Å². The number of anilines is 1. The van der Waals surface area contributed by atoms with Gasteiger partial charge in [-0.1, -0.05) is 29.8 Å². The zero-order chi connectivity index (χ0) is 21.3. The van der Waals surface area contributed by atoms with Gasteiger partial charge in [0, 0.05) is 5.38 Å². The fraction of sp³-hybridized carbons (Fsp3) is 0.100. The Bertz CT molecular complexity index is 1130. The van der Waals surface area contributed by atoms with E-state index in [4.69, 9.17) is 0 Å². The van der Waals surface area contributed by atoms with Crippen LogP contribution in [0.15, 0.2) is 35.7 Å². The van der Waals surface area contributed by atoms with Gasteiger partial charge in [0.25, 0.3) is 5.91 Å². The van der Waals surface area contributed by atoms with Crippen LogP contribution in [0.2, 0.25) is 0 Å². The molecule has 0 spiro atoms. The van der Waals surface area contributed by atoms with Crippen molar-refractivity contribution in [2.45, 2.75) is 6.92 Å². The van der Waals surface area contributed by atoms with E-state index in [0.29, 0.717) is 16.5 Å². The van der Waals surface area contributed by atoms with Crippen molar-refractivity contribution in [3.63, 3.8) is 0 Å². The fourth-order valence-corrected chi connectivity index (χ4v) is 3.77. The summed E-state index contributed by atoms with van der Waals surface area (Å²) in [5, 5.41) is 13.2. The average molecular weight is 421 g/mol. The van der Waals surface area contributed by atoms with Crippen LogP contribution in [-0.2, 0) is 0 Å². The SMILES string of the molecule is COc1c(F)cc(C(=O)Nc2csc(-c3cccc(C)c3)c2C(=O)O)c(F)c1F. The van der Waals surface area contributed by atoms with E-state index in [1.165, 1.54) is 5.38 Å². The van der Waals surface area contributed by atoms with Crippen molar-refractivity contribution < 1.29 is 32.6 Å². The summed E-state index contributed by atoms with van der Waals surface area (Å²) in [5.74, 6) is -7.98. The van der Waals surface area contributed by atoms with Gasteiger partial charge >= 0.3 is 5.97 Å². The van der Waals surface area contributed by atoms with Crippen LogP contribution in [-0.4, -0.2) is 24.1 Å². The van der Waals surface area contributed by atoms with E-state index in [-0.39, 0.29) is 11.3 Å². The van der Waals surface area contributed by atoms with Crippen molar-refractivity contribution in [2.75, 3.05) is 12.4 Å². The summed E-state index contributed by atoms with van der Waals surface area (Å²) in [5.41, 5.74) is 0.300. The maximum absolute atomic E-state index is 14.2. The lowest BCUT2D eigenvalue weighted by Crippen LogP contribution is -2.17. The van der Waals surface area contributed by atoms with Crippen LogP contribution in [0, 0.1) is 24.4 Å². The second kappa shape index (κ2) is 7.96. The largest absolute Gasteiger partial charge is 0.491 e. The minimum Gasteiger partial charge on any atom is -0.491 e. The number of carbonyl (C=O) groups excluding carboxylic acids is 1. The molecule has 0 aliphatic heterocycles. The summed E-state index contributed by atoms with van der Waals surface area (Å²) < 4.78 is 46.3. The second-order valence-electron chi connectivity index (χ2n) is 6.05. The number of halogens is 3. The van der Waals surface area contributed by atoms with Gasteiger partial charge in [-0.05, 0) is 18.6 Å². The van der Waals surface area contributed by atoms with Gasteiger partial charge in [0.15, 0.2) is 17.4 Å². The van der Waals surface area contributed by atoms with E-state index in [0.717, 1.165) is 24.0 Å². The molecule has 0 bridgehead atoms. The number of hydrogen-bond donors (Lipinski definition) is 2. The number of nitrogens with one attached hydrogen (secondary N) is 1. The first-order valence-electron chi connectivity index (χ1n) is 8.19. The second-order valence-corrected chi connectivity index (χ2v) is 6.93. The Morgan fingerprint density at radius 1 is 1.14 bits per heavy atom. The predicted octanol–water partition coefficient (Wildman–Crippen LogP) is 5.10. The summed E-state index contributed by atoms with van der Waals surface area (Å²) in [7, 11) is 0.956. The summed E-state index contributed by atoms with van der Waals surface area (Å²) in [6.07, 6.45) is 0. The molecule has 0 unspecified atom stereocenters. The number of thiophene rings is 1. The number of carboxylic acid groups (broad SMARTS) is 1. The highest BCUT2D eigenvalue weighted by atomic mass is 32.1. The van der Waals surface area contributed by atoms with E-state index in [2.05, 4.69) is 10.1 Å². The Hall–Kier alpha value is -3.33. The molecule has 0 radical (unpaired) electrons. The van der Waals surface area contributed by atoms with Gasteiger partial charge in [-0.25, -0.2) is 13.6 Å². The molecule has 29 heavy (non-hydrogen) atoms. The molecule has 2 N–H and O–H groups in total. The topological polar surface area (TPSA) is 75.6 Å². The van der Waals surface area contributed by atoms with E-state index >= 15 is 0 Å². The first-order valence-corrected chi connectivity index (χ1v) is 9.07. The minimum atomic E-state index is -1.65. The van der Waals surface area contributed by atoms with Crippen LogP contribution in [0.1, 0.15) is 26.3 Å². The zero-order valence-corrected chi connectivity index (χ0v) is 16.0. The highest BCUT2D eigenvalue weighted by Gasteiger charge is 2.26. The maximum Gasteiger partial charge on any atom is 0.339 e. The quantitative estimate of drug-likeness (QED) is 0.562. The number of rotatable bonds is 5. The zero-order valence-electron chi connectivity index (χ0n) is 15.2. The van der Waals surface area contributed by atoms with Crippen LogP contribution in [0.4, 0.5) is 18.9 Å². The van der Waals surface area contributed by atoms with Gasteiger partial charge in [0.2, 0.25) is 5.82 Å². The number of hydrogen-bond acceptors (Lipinski definition) is 4. The third-order valence-electron chi connectivity index (χ3n) is 4.10. The Morgan fingerprint density at radius 2 is 1.86 bits per heavy atom. The molecule has 0 aliphatic rings. The van der Waals surface area contributed by atoms with Crippen LogP contribution in [0.25, 0.3) is 10.4 Å². The molecule has 2 aromatic carbocycles. The van der Waals surface area contributed by atoms with Crippen LogP contribution in [0.3, 0.4) is 0 Å². The molecule has 0 saturated carbocycles. The molecular weight excluding hydrogens is 407 g/mol. The van der Waals surface area contributed by atoms with Gasteiger partial charge in [-0.2, -0.15) is 4.39 Å². The Morgan fingerprint density at radius 3 is 2.48 bits per heavy atom. The number of aromatic carboxylic acids is 1. The standard InChI is InChI=1S/C20H14F3NO4S/c1-9-4-3-5-10(6-9)18-14(20(26)27)13(8-29-18)24-19(25)11-7-12(21)17(28-2)16(23)15(11)22/h3-8H,1-2H3,(H,24,25)(H,26,27). The maximum atomic E-state index is 14.2. The molecule has 0 fully saturated rings. The number of ether oxygens (including phenoxy) is 1. The number of carbonyl (C=O) groups is 2. The lowest BCUT2D eigenvalue weighted by molar-refractivity contribution is 0.0699. The molecule has 0 aliphatic carbocycles. The van der Waals surface area contributed by atoms with Gasteiger partial charge in [0.05, 0.1) is 23.2 Å². The first kappa shape index (κ1) is 20.4. The first-order chi connectivity index (χ1) is 13.7. The summed E-state index contributed by atoms with van der Waals surface area (Å²) in [6.45, 7) is 1.84. The lowest BCUT2D eigenvalue weighted by Gasteiger charge is -2.10. The molecule has 0 atom stereocenters. The molecule has 3 rings (SSSR count). The number of carboxylic acids is 1. The highest BCUT2D eigenvalue weighted by Crippen LogP contribution is 2.37. The van der Waals surface area contributed by atoms with Crippen molar-refractivity contribution in [1.29, 1.82) is 0 Å². The Balaban J connectivity index is 2.01. The fourth-order valence-electron chi connectivity index (χ4n) is 2.78. The molecule has 0 saturated heterocycles. The molecular formula is C20H14F3NO4S. The van der Waals surface area contributed by atoms with Gasteiger partial charge in [-0.15, -0.1) is 11.3 Å². The Kier molecular flexibility index (Phi) is 5.60. The summed E-state index contributed by atoms with van der Waals surface area (Å²) in [6, 6.07) is 7.58. The molecule has 1 amide bonds. The van der Waals surface area contributed by atoms with Crippen LogP contribution < -0.4 is 10.1 Å². The summed E-state index contributed by atoms with van der Waals surface area (Å²) >= 11 is 1.06. The molecule has 1 heterocycles. The average Bonchev–Trinajstić information content (AvgIpc) is 3.09. The predicted molar refractivity (Wildman–Crippen MR) is 102 cm³/mol. The molecule has 9 heteroatoms. The van der Waals surface area contributed by atoms with E-state index < -0.39 is 40.6 Å². The van der Waals surface area contributed by atoms with Crippen molar-refractivity contribution in [3.8, 4) is 16.2 Å². The number of aryl methyl sites for hydroxylation is 1. The van der Waals surface area contributed by atoms with Crippen molar-refractivity contribution in [1.82, 2.24) is 0 Å². The smallest absolute Gasteiger partial charge is 0.339 e. The third kappa shape index (κ3) is 3.81. The third-order valence-corrected chi connectivity index (χ3v) is 5.13. The molecule has 3 aromatic rings. The minimum absolute atomic E-state index is 0.111. The molecule has 5 nitrogen and oxygen atoms in total. The van der Waals surface area contributed by atoms with E-state index in [9.17, 15) is 27.9 Å². The number of benzene rings is 2. The van der Waals surface area contributed by atoms with Crippen molar-refractivity contribution >= 4 is 28.9 Å². The van der Waals surface area contributed by atoms with Crippen molar-refractivity contribution in [2.24, 2.45) is 0 Å². The van der Waals surface area contributed by atoms with Gasteiger partial charge < -0.3 is 15.2 Å². The van der Waals surface area contributed by atoms with Crippen molar-refractivity contribution in [3.05, 3.63) is 69.9 Å². The van der Waals surface area contributed by atoms with E-state index in [1.807, 2.05) is 13.0 Å². The number of amides is 1.